The van der Waals surface area contributed by atoms with Gasteiger partial charge in [-0.3, -0.25) is 4.79 Å². The Morgan fingerprint density at radius 2 is 2.11 bits per heavy atom. The van der Waals surface area contributed by atoms with E-state index >= 15 is 0 Å². The van der Waals surface area contributed by atoms with Gasteiger partial charge in [0, 0.05) is 12.1 Å². The van der Waals surface area contributed by atoms with Gasteiger partial charge in [0.1, 0.15) is 23.1 Å². The number of methoxy groups -OCH3 is 1. The highest BCUT2D eigenvalue weighted by Gasteiger charge is 2.23. The van der Waals surface area contributed by atoms with Crippen LogP contribution in [0.5, 0.6) is 5.75 Å². The predicted octanol–water partition coefficient (Wildman–Crippen LogP) is 0.857. The third-order valence-corrected chi connectivity index (χ3v) is 2.26. The fourth-order valence-electron chi connectivity index (χ4n) is 1.52. The first-order chi connectivity index (χ1) is 8.54. The van der Waals surface area contributed by atoms with Crippen LogP contribution < -0.4 is 10.5 Å². The van der Waals surface area contributed by atoms with Gasteiger partial charge in [-0.2, -0.15) is 15.4 Å². The summed E-state index contributed by atoms with van der Waals surface area (Å²) in [5.74, 6) is -2.73. The van der Waals surface area contributed by atoms with Gasteiger partial charge in [-0.05, 0) is 0 Å². The lowest BCUT2D eigenvalue weighted by atomic mass is 10.1. The molecule has 18 heavy (non-hydrogen) atoms. The summed E-state index contributed by atoms with van der Waals surface area (Å²) in [5, 5.41) is 9.29. The number of nitrogens with zero attached hydrogens (tertiary/aromatic N) is 2. The van der Waals surface area contributed by atoms with Gasteiger partial charge < -0.3 is 10.5 Å². The van der Waals surface area contributed by atoms with Gasteiger partial charge >= 0.3 is 0 Å². The van der Waals surface area contributed by atoms with E-state index in [0.29, 0.717) is 6.07 Å². The molecule has 0 fully saturated rings. The number of primary amides is 1. The number of aromatic nitrogens is 3. The molecule has 0 saturated carbocycles. The third kappa shape index (κ3) is 1.88. The largest absolute Gasteiger partial charge is 0.496 e. The maximum atomic E-state index is 13.8. The molecule has 2 aromatic rings. The standard InChI is InChI=1S/C10H8F2N4O2/c1-18-6-3-4(11)2-5(12)7(6)8-9(10(13)17)15-16-14-8/h2-3H,1H3,(H2,13,17)(H,14,15,16). The fraction of sp³-hybridized carbons (Fsp3) is 0.100. The van der Waals surface area contributed by atoms with Crippen LogP contribution in [0.15, 0.2) is 12.1 Å². The van der Waals surface area contributed by atoms with Crippen molar-refractivity contribution >= 4 is 5.91 Å². The van der Waals surface area contributed by atoms with Crippen molar-refractivity contribution in [3.05, 3.63) is 29.5 Å². The number of rotatable bonds is 3. The molecule has 1 heterocycles. The van der Waals surface area contributed by atoms with Crippen LogP contribution in [-0.2, 0) is 0 Å². The average Bonchev–Trinajstić information content (AvgIpc) is 2.76. The maximum Gasteiger partial charge on any atom is 0.271 e. The molecule has 1 amide bonds. The Labute approximate surface area is 99.7 Å². The number of carbonyl (C=O) groups is 1. The number of aromatic amines is 1. The highest BCUT2D eigenvalue weighted by molar-refractivity contribution is 5.97. The molecule has 0 spiro atoms. The molecule has 0 saturated heterocycles. The molecule has 0 atom stereocenters. The van der Waals surface area contributed by atoms with Gasteiger partial charge in [0.25, 0.3) is 5.91 Å². The SMILES string of the molecule is COc1cc(F)cc(F)c1-c1n[nH]nc1C(N)=O. The quantitative estimate of drug-likeness (QED) is 0.849. The first-order valence-electron chi connectivity index (χ1n) is 4.78. The van der Waals surface area contributed by atoms with Crippen molar-refractivity contribution in [1.29, 1.82) is 0 Å². The number of nitrogens with one attached hydrogen (secondary N) is 1. The molecule has 1 aromatic carbocycles. The first kappa shape index (κ1) is 12.0. The Hall–Kier alpha value is -2.51. The number of amides is 1. The van der Waals surface area contributed by atoms with Crippen LogP contribution in [0.25, 0.3) is 11.3 Å². The molecule has 1 aromatic heterocycles. The summed E-state index contributed by atoms with van der Waals surface area (Å²) in [4.78, 5) is 11.1. The molecule has 0 unspecified atom stereocenters. The van der Waals surface area contributed by atoms with Crippen LogP contribution in [0, 0.1) is 11.6 Å². The second-order valence-corrected chi connectivity index (χ2v) is 3.35. The van der Waals surface area contributed by atoms with Crippen molar-refractivity contribution in [1.82, 2.24) is 15.4 Å². The number of nitrogens with two attached hydrogens (primary N) is 1. The zero-order valence-electron chi connectivity index (χ0n) is 9.20. The van der Waals surface area contributed by atoms with E-state index in [1.807, 2.05) is 0 Å². The van der Waals surface area contributed by atoms with Crippen LogP contribution in [0.3, 0.4) is 0 Å². The molecule has 3 N–H and O–H groups in total. The van der Waals surface area contributed by atoms with E-state index in [9.17, 15) is 13.6 Å². The Bertz CT molecular complexity index is 612. The molecule has 0 radical (unpaired) electrons. The van der Waals surface area contributed by atoms with Gasteiger partial charge in [-0.1, -0.05) is 0 Å². The Kier molecular flexibility index (Phi) is 2.92. The van der Waals surface area contributed by atoms with Crippen molar-refractivity contribution in [2.24, 2.45) is 5.73 Å². The summed E-state index contributed by atoms with van der Waals surface area (Å²) < 4.78 is 31.6. The highest BCUT2D eigenvalue weighted by Crippen LogP contribution is 2.33. The molecule has 6 nitrogen and oxygen atoms in total. The molecule has 0 aliphatic carbocycles. The lowest BCUT2D eigenvalue weighted by Crippen LogP contribution is -2.13. The van der Waals surface area contributed by atoms with Crippen LogP contribution in [-0.4, -0.2) is 28.4 Å². The molecule has 94 valence electrons. The molecule has 0 bridgehead atoms. The number of hydrogen-bond donors (Lipinski definition) is 2. The van der Waals surface area contributed by atoms with Gasteiger partial charge in [0.15, 0.2) is 5.69 Å². The smallest absolute Gasteiger partial charge is 0.271 e. The average molecular weight is 254 g/mol. The second-order valence-electron chi connectivity index (χ2n) is 3.35. The maximum absolute atomic E-state index is 13.8. The molecular weight excluding hydrogens is 246 g/mol. The zero-order chi connectivity index (χ0) is 13.3. The minimum atomic E-state index is -0.928. The van der Waals surface area contributed by atoms with Crippen molar-refractivity contribution < 1.29 is 18.3 Å². The molecule has 2 rings (SSSR count). The summed E-state index contributed by atoms with van der Waals surface area (Å²) in [7, 11) is 1.24. The minimum Gasteiger partial charge on any atom is -0.496 e. The zero-order valence-corrected chi connectivity index (χ0v) is 9.20. The Morgan fingerprint density at radius 1 is 1.39 bits per heavy atom. The minimum absolute atomic E-state index is 0.107. The van der Waals surface area contributed by atoms with Gasteiger partial charge in [-0.25, -0.2) is 8.78 Å². The fourth-order valence-corrected chi connectivity index (χ4v) is 1.52. The second kappa shape index (κ2) is 4.40. The number of hydrogen-bond acceptors (Lipinski definition) is 4. The van der Waals surface area contributed by atoms with Crippen molar-refractivity contribution in [3.63, 3.8) is 0 Å². The summed E-state index contributed by atoms with van der Waals surface area (Å²) in [6.45, 7) is 0. The predicted molar refractivity (Wildman–Crippen MR) is 56.8 cm³/mol. The van der Waals surface area contributed by atoms with Crippen LogP contribution in [0.1, 0.15) is 10.5 Å². The Morgan fingerprint density at radius 3 is 2.72 bits per heavy atom. The number of halogens is 2. The summed E-state index contributed by atoms with van der Waals surface area (Å²) in [6, 6.07) is 1.62. The number of benzene rings is 1. The highest BCUT2D eigenvalue weighted by atomic mass is 19.1. The van der Waals surface area contributed by atoms with E-state index in [4.69, 9.17) is 10.5 Å². The molecule has 0 aliphatic heterocycles. The van der Waals surface area contributed by atoms with E-state index in [1.54, 1.807) is 0 Å². The van der Waals surface area contributed by atoms with Crippen molar-refractivity contribution in [3.8, 4) is 17.0 Å². The summed E-state index contributed by atoms with van der Waals surface area (Å²) in [5.41, 5.74) is 4.51. The number of ether oxygens (including phenoxy) is 1. The normalized spacial score (nSPS) is 10.4. The van der Waals surface area contributed by atoms with Crippen LogP contribution in [0.4, 0.5) is 8.78 Å². The third-order valence-electron chi connectivity index (χ3n) is 2.26. The van der Waals surface area contributed by atoms with Gasteiger partial charge in [0.05, 0.1) is 12.7 Å². The van der Waals surface area contributed by atoms with Gasteiger partial charge in [0.2, 0.25) is 0 Å². The molecule has 8 heteroatoms. The topological polar surface area (TPSA) is 93.9 Å². The lowest BCUT2D eigenvalue weighted by molar-refractivity contribution is 0.0996. The van der Waals surface area contributed by atoms with E-state index in [-0.39, 0.29) is 22.7 Å². The van der Waals surface area contributed by atoms with Crippen LogP contribution >= 0.6 is 0 Å². The lowest BCUT2D eigenvalue weighted by Gasteiger charge is -2.08. The first-order valence-corrected chi connectivity index (χ1v) is 4.78. The van der Waals surface area contributed by atoms with Crippen molar-refractivity contribution in [2.75, 3.05) is 7.11 Å². The van der Waals surface area contributed by atoms with Crippen LogP contribution in [0.2, 0.25) is 0 Å². The number of carbonyl (C=O) groups excluding carboxylic acids is 1. The molecular formula is C10H8F2N4O2. The van der Waals surface area contributed by atoms with Crippen molar-refractivity contribution in [2.45, 2.75) is 0 Å². The van der Waals surface area contributed by atoms with E-state index in [1.165, 1.54) is 7.11 Å². The van der Waals surface area contributed by atoms with E-state index in [0.717, 1.165) is 6.07 Å². The Balaban J connectivity index is 2.70. The van der Waals surface area contributed by atoms with E-state index < -0.39 is 17.5 Å². The van der Waals surface area contributed by atoms with E-state index in [2.05, 4.69) is 15.4 Å². The number of H-pyrrole nitrogens is 1. The van der Waals surface area contributed by atoms with Gasteiger partial charge in [-0.15, -0.1) is 0 Å². The summed E-state index contributed by atoms with van der Waals surface area (Å²) in [6.07, 6.45) is 0. The molecule has 0 aliphatic rings. The monoisotopic (exact) mass is 254 g/mol. The summed E-state index contributed by atoms with van der Waals surface area (Å²) >= 11 is 0.